The highest BCUT2D eigenvalue weighted by molar-refractivity contribution is 7.99. The summed E-state index contributed by atoms with van der Waals surface area (Å²) in [7, 11) is 3.03. The van der Waals surface area contributed by atoms with Crippen molar-refractivity contribution < 1.29 is 19.1 Å². The van der Waals surface area contributed by atoms with E-state index in [1.165, 1.54) is 14.2 Å². The van der Waals surface area contributed by atoms with Gasteiger partial charge in [0, 0.05) is 35.0 Å². The van der Waals surface area contributed by atoms with E-state index in [1.54, 1.807) is 23.9 Å². The van der Waals surface area contributed by atoms with Gasteiger partial charge in [-0.1, -0.05) is 29.8 Å². The van der Waals surface area contributed by atoms with E-state index >= 15 is 0 Å². The van der Waals surface area contributed by atoms with Crippen molar-refractivity contribution in [2.45, 2.75) is 18.0 Å². The molecule has 3 aliphatic rings. The number of nitrogens with zero attached hydrogens (tertiary/aromatic N) is 1. The summed E-state index contributed by atoms with van der Waals surface area (Å²) in [4.78, 5) is 29.3. The summed E-state index contributed by atoms with van der Waals surface area (Å²) in [5.41, 5.74) is 1.07. The molecule has 1 spiro atoms. The van der Waals surface area contributed by atoms with Crippen LogP contribution in [-0.2, 0) is 15.1 Å². The van der Waals surface area contributed by atoms with Crippen molar-refractivity contribution in [1.82, 2.24) is 4.90 Å². The summed E-state index contributed by atoms with van der Waals surface area (Å²) < 4.78 is 10.7. The third-order valence-electron chi connectivity index (χ3n) is 6.43. The lowest BCUT2D eigenvalue weighted by atomic mass is 9.79. The highest BCUT2D eigenvalue weighted by Crippen LogP contribution is 2.55. The van der Waals surface area contributed by atoms with Crippen molar-refractivity contribution in [3.05, 3.63) is 47.0 Å². The Morgan fingerprint density at radius 3 is 2.81 bits per heavy atom. The zero-order valence-electron chi connectivity index (χ0n) is 17.1. The molecule has 5 rings (SSSR count). The maximum absolute atomic E-state index is 13.6. The molecule has 2 saturated heterocycles. The van der Waals surface area contributed by atoms with Crippen LogP contribution < -0.4 is 20.1 Å². The summed E-state index contributed by atoms with van der Waals surface area (Å²) >= 11 is 8.08. The quantitative estimate of drug-likeness (QED) is 0.728. The number of hydrogen-bond acceptors (Lipinski definition) is 6. The molecule has 3 heterocycles. The predicted molar refractivity (Wildman–Crippen MR) is 121 cm³/mol. The average Bonchev–Trinajstić information content (AvgIpc) is 3.42. The number of ether oxygens (including phenoxy) is 2. The van der Waals surface area contributed by atoms with Gasteiger partial charge in [0.2, 0.25) is 11.8 Å². The summed E-state index contributed by atoms with van der Waals surface area (Å²) in [6, 6.07) is 11.1. The molecule has 0 radical (unpaired) electrons. The first-order valence-electron chi connectivity index (χ1n) is 9.98. The number of hydrogen-bond donors (Lipinski definition) is 2. The predicted octanol–water partition coefficient (Wildman–Crippen LogP) is 3.54. The normalized spacial score (nSPS) is 26.5. The molecular weight excluding hydrogens is 438 g/mol. The lowest BCUT2D eigenvalue weighted by Gasteiger charge is -2.36. The van der Waals surface area contributed by atoms with E-state index in [0.29, 0.717) is 34.5 Å². The number of carbonyl (C=O) groups excluding carboxylic acids is 2. The maximum atomic E-state index is 13.6. The molecule has 0 saturated carbocycles. The molecule has 2 aromatic carbocycles. The third-order valence-corrected chi connectivity index (χ3v) is 7.80. The Morgan fingerprint density at radius 2 is 2.03 bits per heavy atom. The van der Waals surface area contributed by atoms with Crippen molar-refractivity contribution in [3.63, 3.8) is 0 Å². The van der Waals surface area contributed by atoms with E-state index in [1.807, 2.05) is 24.3 Å². The molecular formula is C22H22ClN3O4S. The van der Waals surface area contributed by atoms with E-state index in [2.05, 4.69) is 15.5 Å². The first-order chi connectivity index (χ1) is 15.0. The second kappa shape index (κ2) is 7.62. The van der Waals surface area contributed by atoms with Gasteiger partial charge in [0.15, 0.2) is 0 Å². The van der Waals surface area contributed by atoms with Gasteiger partial charge in [0.25, 0.3) is 0 Å². The Hall–Kier alpha value is -2.42. The molecule has 0 aliphatic carbocycles. The Morgan fingerprint density at radius 1 is 1.26 bits per heavy atom. The standard InChI is InChI=1S/C22H22ClN3O4S/c1-29-18-9-19(30-2)17(8-15(18)23)24-20(27)14-7-12-10-31-11-26(12)22(14)13-5-3-4-6-16(13)25-21(22)28/h3-6,8-9,12,14H,7,10-11H2,1-2H3,(H,24,27)(H,25,28)/t12-,14-,22-/m0/s1. The minimum absolute atomic E-state index is 0.140. The van der Waals surface area contributed by atoms with Gasteiger partial charge in [-0.05, 0) is 18.6 Å². The molecule has 31 heavy (non-hydrogen) atoms. The van der Waals surface area contributed by atoms with Crippen LogP contribution in [-0.4, -0.2) is 48.6 Å². The number of carbonyl (C=O) groups is 2. The van der Waals surface area contributed by atoms with Crippen LogP contribution >= 0.6 is 23.4 Å². The summed E-state index contributed by atoms with van der Waals surface area (Å²) in [6.07, 6.45) is 0.604. The van der Waals surface area contributed by atoms with E-state index in [-0.39, 0.29) is 17.9 Å². The number of para-hydroxylation sites is 1. The van der Waals surface area contributed by atoms with E-state index in [4.69, 9.17) is 21.1 Å². The van der Waals surface area contributed by atoms with Gasteiger partial charge in [0.05, 0.1) is 30.8 Å². The Labute approximate surface area is 189 Å². The lowest BCUT2D eigenvalue weighted by molar-refractivity contribution is -0.134. The first kappa shape index (κ1) is 20.5. The smallest absolute Gasteiger partial charge is 0.250 e. The van der Waals surface area contributed by atoms with Gasteiger partial charge < -0.3 is 20.1 Å². The molecule has 9 heteroatoms. The van der Waals surface area contributed by atoms with Gasteiger partial charge in [-0.2, -0.15) is 0 Å². The van der Waals surface area contributed by atoms with Crippen molar-refractivity contribution in [2.75, 3.05) is 36.5 Å². The Kier molecular flexibility index (Phi) is 5.03. The minimum Gasteiger partial charge on any atom is -0.495 e. The summed E-state index contributed by atoms with van der Waals surface area (Å²) in [5.74, 6) is 1.59. The fourth-order valence-electron chi connectivity index (χ4n) is 5.08. The molecule has 0 unspecified atom stereocenters. The molecule has 0 aromatic heterocycles. The highest BCUT2D eigenvalue weighted by Gasteiger charge is 2.65. The SMILES string of the molecule is COc1cc(OC)c(NC(=O)[C@@H]2C[C@H]3CSCN3[C@]23C(=O)Nc2ccccc23)cc1Cl. The summed E-state index contributed by atoms with van der Waals surface area (Å²) in [6.45, 7) is 0. The van der Waals surface area contributed by atoms with Crippen LogP contribution in [0.3, 0.4) is 0 Å². The van der Waals surface area contributed by atoms with Crippen LogP contribution in [0, 0.1) is 5.92 Å². The van der Waals surface area contributed by atoms with Crippen LogP contribution in [0.4, 0.5) is 11.4 Å². The minimum atomic E-state index is -1.02. The van der Waals surface area contributed by atoms with Crippen molar-refractivity contribution >= 4 is 46.6 Å². The van der Waals surface area contributed by atoms with Gasteiger partial charge in [-0.15, -0.1) is 11.8 Å². The second-order valence-electron chi connectivity index (χ2n) is 7.85. The van der Waals surface area contributed by atoms with Crippen molar-refractivity contribution in [1.29, 1.82) is 0 Å². The Bertz CT molecular complexity index is 1080. The lowest BCUT2D eigenvalue weighted by Crippen LogP contribution is -2.53. The number of amides is 2. The second-order valence-corrected chi connectivity index (χ2v) is 9.26. The zero-order valence-corrected chi connectivity index (χ0v) is 18.7. The maximum Gasteiger partial charge on any atom is 0.250 e. The number of anilines is 2. The fourth-order valence-corrected chi connectivity index (χ4v) is 6.63. The van der Waals surface area contributed by atoms with Gasteiger partial charge >= 0.3 is 0 Å². The fraction of sp³-hybridized carbons (Fsp3) is 0.364. The first-order valence-corrected chi connectivity index (χ1v) is 11.5. The highest BCUT2D eigenvalue weighted by atomic mass is 35.5. The third kappa shape index (κ3) is 2.92. The van der Waals surface area contributed by atoms with Gasteiger partial charge in [-0.3, -0.25) is 14.5 Å². The number of thioether (sulfide) groups is 1. The molecule has 3 atom stereocenters. The van der Waals surface area contributed by atoms with Crippen LogP contribution in [0.15, 0.2) is 36.4 Å². The number of nitrogens with one attached hydrogen (secondary N) is 2. The molecule has 2 amide bonds. The molecule has 162 valence electrons. The van der Waals surface area contributed by atoms with Crippen LogP contribution in [0.5, 0.6) is 11.5 Å². The molecule has 0 bridgehead atoms. The zero-order chi connectivity index (χ0) is 21.8. The number of rotatable bonds is 4. The number of halogens is 1. The van der Waals surface area contributed by atoms with E-state index in [0.717, 1.165) is 17.0 Å². The van der Waals surface area contributed by atoms with E-state index < -0.39 is 11.5 Å². The van der Waals surface area contributed by atoms with Crippen molar-refractivity contribution in [2.24, 2.45) is 5.92 Å². The van der Waals surface area contributed by atoms with Crippen LogP contribution in [0.25, 0.3) is 0 Å². The summed E-state index contributed by atoms with van der Waals surface area (Å²) in [5, 5.41) is 6.34. The molecule has 2 N–H and O–H groups in total. The number of methoxy groups -OCH3 is 2. The largest absolute Gasteiger partial charge is 0.495 e. The van der Waals surface area contributed by atoms with Crippen LogP contribution in [0.2, 0.25) is 5.02 Å². The monoisotopic (exact) mass is 459 g/mol. The topological polar surface area (TPSA) is 79.9 Å². The van der Waals surface area contributed by atoms with Gasteiger partial charge in [-0.25, -0.2) is 0 Å². The van der Waals surface area contributed by atoms with E-state index in [9.17, 15) is 9.59 Å². The molecule has 2 aromatic rings. The van der Waals surface area contributed by atoms with Crippen LogP contribution in [0.1, 0.15) is 12.0 Å². The van der Waals surface area contributed by atoms with Crippen molar-refractivity contribution in [3.8, 4) is 11.5 Å². The average molecular weight is 460 g/mol. The molecule has 2 fully saturated rings. The van der Waals surface area contributed by atoms with Gasteiger partial charge in [0.1, 0.15) is 17.0 Å². The number of benzene rings is 2. The molecule has 7 nitrogen and oxygen atoms in total. The molecule has 3 aliphatic heterocycles. The Balaban J connectivity index is 1.55. The number of fused-ring (bicyclic) bond motifs is 4.